The molecule has 6 heterocycles. The molecule has 8 N–H and O–H groups in total. The lowest BCUT2D eigenvalue weighted by Gasteiger charge is -2.33. The van der Waals surface area contributed by atoms with Gasteiger partial charge in [0.2, 0.25) is 17.5 Å². The average molecular weight is 694 g/mol. The third-order valence-electron chi connectivity index (χ3n) is 7.15. The summed E-state index contributed by atoms with van der Waals surface area (Å²) in [4.78, 5) is 24.6. The van der Waals surface area contributed by atoms with Gasteiger partial charge in [0.15, 0.2) is 10.2 Å². The van der Waals surface area contributed by atoms with Crippen LogP contribution in [0, 0.1) is 6.20 Å². The predicted octanol–water partition coefficient (Wildman–Crippen LogP) is -1.78. The van der Waals surface area contributed by atoms with Gasteiger partial charge in [-0.15, -0.1) is 0 Å². The number of aliphatic imine (C=N–C) groups is 1. The maximum Gasteiger partial charge on any atom is 0.253 e. The zero-order valence-electron chi connectivity index (χ0n) is 27.0. The second-order valence-corrected chi connectivity index (χ2v) is 11.6. The lowest BCUT2D eigenvalue weighted by Crippen LogP contribution is -2.51. The molecule has 2 aromatic heterocycles. The third kappa shape index (κ3) is 14.1. The molecule has 4 aliphatic heterocycles. The molecule has 0 radical (unpaired) electrons. The van der Waals surface area contributed by atoms with E-state index in [1.807, 2.05) is 10.8 Å². The van der Waals surface area contributed by atoms with Gasteiger partial charge in [-0.05, 0) is 57.8 Å². The summed E-state index contributed by atoms with van der Waals surface area (Å²) in [5.41, 5.74) is 2.49. The van der Waals surface area contributed by atoms with Crippen LogP contribution in [0.3, 0.4) is 0 Å². The summed E-state index contributed by atoms with van der Waals surface area (Å²) >= 11 is 15.5. The highest BCUT2D eigenvalue weighted by Crippen LogP contribution is 2.03. The summed E-state index contributed by atoms with van der Waals surface area (Å²) < 4.78 is 3.62. The van der Waals surface area contributed by atoms with E-state index < -0.39 is 0 Å². The molecule has 3 saturated heterocycles. The smallest absolute Gasteiger partial charge is 0.253 e. The number of piperazine rings is 3. The number of rotatable bonds is 0. The molecule has 0 bridgehead atoms. The molecule has 4 aliphatic rings. The normalized spacial score (nSPS) is 17.9. The van der Waals surface area contributed by atoms with Gasteiger partial charge in [-0.2, -0.15) is 4.90 Å². The topological polar surface area (TPSA) is 170 Å². The number of hydrogen-bond donors (Lipinski definition) is 5. The molecule has 254 valence electrons. The lowest BCUT2D eigenvalue weighted by atomic mass is 10.3. The van der Waals surface area contributed by atoms with Crippen molar-refractivity contribution in [3.63, 3.8) is 0 Å². The number of thiocarbonyl (C=S) groups is 3. The largest absolute Gasteiger partial charge is 0.346 e. The molecule has 0 aliphatic carbocycles. The Morgan fingerprint density at radius 1 is 0.717 bits per heavy atom. The van der Waals surface area contributed by atoms with Crippen molar-refractivity contribution in [3.05, 3.63) is 49.8 Å². The highest BCUT2D eigenvalue weighted by atomic mass is 32.1. The number of likely N-dealkylation sites (N-methyl/N-ethyl adjacent to an activating group) is 3. The van der Waals surface area contributed by atoms with Gasteiger partial charge in [0.05, 0.1) is 0 Å². The Labute approximate surface area is 288 Å². The van der Waals surface area contributed by atoms with Crippen LogP contribution < -0.4 is 28.3 Å². The van der Waals surface area contributed by atoms with Gasteiger partial charge >= 0.3 is 0 Å². The predicted molar refractivity (Wildman–Crippen MR) is 195 cm³/mol. The Morgan fingerprint density at radius 2 is 1.20 bits per heavy atom. The van der Waals surface area contributed by atoms with Crippen molar-refractivity contribution in [3.8, 4) is 0 Å². The molecule has 0 amide bonds. The molecule has 0 saturated carbocycles. The SMILES string of the molecule is CN1CCN(C(=S)NN)CC1.CN1CCN(C(=S)n2ccnc2)CC1.CN1CCNCC1.NN.S=C(N1C=[C+]N=C1)n1ccnc1. The van der Waals surface area contributed by atoms with Gasteiger partial charge in [-0.25, -0.2) is 15.8 Å². The zero-order valence-corrected chi connectivity index (χ0v) is 29.4. The van der Waals surface area contributed by atoms with Crippen molar-refractivity contribution in [2.45, 2.75) is 0 Å². The van der Waals surface area contributed by atoms with Crippen molar-refractivity contribution >= 4 is 58.3 Å². The number of aromatic nitrogens is 4. The molecule has 0 spiro atoms. The number of nitrogens with two attached hydrogens (primary N) is 3. The molecule has 46 heavy (non-hydrogen) atoms. The Bertz CT molecular complexity index is 1160. The lowest BCUT2D eigenvalue weighted by molar-refractivity contribution is 0.214. The summed E-state index contributed by atoms with van der Waals surface area (Å²) in [6, 6.07) is 0. The zero-order chi connectivity index (χ0) is 33.7. The van der Waals surface area contributed by atoms with E-state index in [9.17, 15) is 0 Å². The average Bonchev–Trinajstić information content (AvgIpc) is 3.92. The second-order valence-electron chi connectivity index (χ2n) is 10.5. The van der Waals surface area contributed by atoms with E-state index in [4.69, 9.17) is 42.5 Å². The van der Waals surface area contributed by atoms with E-state index >= 15 is 0 Å². The molecule has 2 aromatic rings. The van der Waals surface area contributed by atoms with Crippen LogP contribution >= 0.6 is 36.7 Å². The van der Waals surface area contributed by atoms with Crippen molar-refractivity contribution < 1.29 is 0 Å². The van der Waals surface area contributed by atoms with E-state index in [0.29, 0.717) is 10.2 Å². The second kappa shape index (κ2) is 22.5. The number of imidazole rings is 2. The van der Waals surface area contributed by atoms with Crippen LogP contribution in [0.1, 0.15) is 0 Å². The summed E-state index contributed by atoms with van der Waals surface area (Å²) in [5, 5.41) is 5.39. The standard InChI is InChI=1S/C9H14N4S.C7H5N4S.C6H14N4S.C5H12N2.H4N2/c1-11-4-6-12(7-5-11)9(14)13-3-2-10-8-13;12-7(10-3-1-8-5-10)11-4-2-9-6-11;1-9-2-4-10(5-3-9)6(11)8-7;1-7-4-2-6-3-5-7;1-2/h2-3,8H,4-7H2,1H3;1,3-6H;2-5,7H2,1H3,(H,8,11);6H,2-5H2,1H3;1-2H2/q;+1;;;. The highest BCUT2D eigenvalue weighted by Gasteiger charge is 2.18. The fraction of sp³-hybridized carbons (Fsp3) is 0.556. The van der Waals surface area contributed by atoms with Crippen LogP contribution in [0.15, 0.2) is 48.6 Å². The first-order valence-electron chi connectivity index (χ1n) is 14.8. The van der Waals surface area contributed by atoms with E-state index in [1.54, 1.807) is 53.3 Å². The molecule has 6 rings (SSSR count). The molecule has 3 fully saturated rings. The fourth-order valence-corrected chi connectivity index (χ4v) is 4.93. The van der Waals surface area contributed by atoms with Gasteiger partial charge in [-0.1, -0.05) is 0 Å². The van der Waals surface area contributed by atoms with Gasteiger partial charge < -0.3 is 35.2 Å². The van der Waals surface area contributed by atoms with Gasteiger partial charge in [-0.3, -0.25) is 20.8 Å². The minimum absolute atomic E-state index is 0.612. The first-order chi connectivity index (χ1) is 22.3. The van der Waals surface area contributed by atoms with Crippen LogP contribution in [-0.2, 0) is 0 Å². The Morgan fingerprint density at radius 3 is 1.59 bits per heavy atom. The Hall–Kier alpha value is -3.07. The first-order valence-corrected chi connectivity index (χ1v) is 16.1. The maximum atomic E-state index is 5.36. The maximum absolute atomic E-state index is 5.36. The minimum Gasteiger partial charge on any atom is -0.346 e. The monoisotopic (exact) mass is 693 g/mol. The van der Waals surface area contributed by atoms with Crippen LogP contribution in [0.25, 0.3) is 0 Å². The summed E-state index contributed by atoms with van der Waals surface area (Å²) in [5.74, 6) is 13.2. The van der Waals surface area contributed by atoms with Crippen molar-refractivity contribution in [2.24, 2.45) is 22.5 Å². The number of nitrogens with zero attached hydrogens (tertiary/aromatic N) is 11. The molecule has 0 unspecified atom stereocenters. The van der Waals surface area contributed by atoms with Crippen molar-refractivity contribution in [1.82, 2.24) is 59.2 Å². The van der Waals surface area contributed by atoms with E-state index in [0.717, 1.165) is 70.6 Å². The van der Waals surface area contributed by atoms with Crippen molar-refractivity contribution in [2.75, 3.05) is 99.7 Å². The van der Waals surface area contributed by atoms with E-state index in [-0.39, 0.29) is 0 Å². The minimum atomic E-state index is 0.612. The third-order valence-corrected chi connectivity index (χ3v) is 8.42. The Balaban J connectivity index is 0.000000214. The molecular weight excluding hydrogens is 645 g/mol. The quantitative estimate of drug-likeness (QED) is 0.0908. The van der Waals surface area contributed by atoms with Gasteiger partial charge in [0.1, 0.15) is 12.7 Å². The summed E-state index contributed by atoms with van der Waals surface area (Å²) in [7, 11) is 6.40. The van der Waals surface area contributed by atoms with Crippen molar-refractivity contribution in [1.29, 1.82) is 0 Å². The van der Waals surface area contributed by atoms with Gasteiger partial charge in [0, 0.05) is 108 Å². The van der Waals surface area contributed by atoms with Crippen LogP contribution in [0.4, 0.5) is 0 Å². The summed E-state index contributed by atoms with van der Waals surface area (Å²) in [6.45, 7) is 13.0. The first kappa shape index (κ1) is 39.1. The molecule has 0 atom stereocenters. The van der Waals surface area contributed by atoms with Crippen LogP contribution in [-0.4, -0.2) is 170 Å². The van der Waals surface area contributed by atoms with Crippen LogP contribution in [0.2, 0.25) is 0 Å². The highest BCUT2D eigenvalue weighted by molar-refractivity contribution is 7.80. The summed E-state index contributed by atoms with van der Waals surface area (Å²) in [6.07, 6.45) is 16.4. The number of hydrogen-bond acceptors (Lipinski definition) is 13. The van der Waals surface area contributed by atoms with Crippen LogP contribution in [0.5, 0.6) is 0 Å². The molecule has 16 nitrogen and oxygen atoms in total. The molecule has 19 heteroatoms. The van der Waals surface area contributed by atoms with E-state index in [1.165, 1.54) is 13.1 Å². The Kier molecular flexibility index (Phi) is 19.1. The van der Waals surface area contributed by atoms with E-state index in [2.05, 4.69) is 89.2 Å². The number of hydrazine groups is 2. The molecular formula is C27H49N16S3+. The fourth-order valence-electron chi connectivity index (χ4n) is 4.25. The van der Waals surface area contributed by atoms with Gasteiger partial charge in [0.25, 0.3) is 6.34 Å². The number of nitrogens with one attached hydrogen (secondary N) is 2. The molecule has 0 aromatic carbocycles.